The van der Waals surface area contributed by atoms with Gasteiger partial charge in [0.25, 0.3) is 0 Å². The topological polar surface area (TPSA) is 44.4 Å². The summed E-state index contributed by atoms with van der Waals surface area (Å²) in [6.07, 6.45) is 1.47. The Kier molecular flexibility index (Phi) is 3.01. The summed E-state index contributed by atoms with van der Waals surface area (Å²) in [5, 5.41) is 5.32. The number of nitrogens with zero attached hydrogens (tertiary/aromatic N) is 1. The summed E-state index contributed by atoms with van der Waals surface area (Å²) < 4.78 is 12.9. The fraction of sp³-hybridized carbons (Fsp3) is 0.462. The van der Waals surface area contributed by atoms with Crippen molar-refractivity contribution < 1.29 is 9.18 Å². The van der Waals surface area contributed by atoms with Gasteiger partial charge < -0.3 is 5.32 Å². The van der Waals surface area contributed by atoms with Crippen LogP contribution in [0.25, 0.3) is 0 Å². The van der Waals surface area contributed by atoms with Crippen LogP contribution in [0.3, 0.4) is 0 Å². The van der Waals surface area contributed by atoms with Crippen LogP contribution >= 0.6 is 0 Å². The summed E-state index contributed by atoms with van der Waals surface area (Å²) >= 11 is 0. The lowest BCUT2D eigenvalue weighted by atomic mass is 10.0. The summed E-state index contributed by atoms with van der Waals surface area (Å²) in [6, 6.07) is 6.76. The van der Waals surface area contributed by atoms with Gasteiger partial charge in [-0.25, -0.2) is 9.40 Å². The first-order chi connectivity index (χ1) is 8.74. The van der Waals surface area contributed by atoms with E-state index < -0.39 is 0 Å². The first-order valence-corrected chi connectivity index (χ1v) is 6.28. The number of amides is 1. The van der Waals surface area contributed by atoms with Gasteiger partial charge in [-0.3, -0.25) is 10.2 Å². The largest absolute Gasteiger partial charge is 0.315 e. The van der Waals surface area contributed by atoms with E-state index in [2.05, 4.69) is 10.7 Å². The molecule has 0 radical (unpaired) electrons. The van der Waals surface area contributed by atoms with Crippen LogP contribution < -0.4 is 10.7 Å². The number of carbonyl (C=O) groups excluding carboxylic acids is 1. The highest BCUT2D eigenvalue weighted by Crippen LogP contribution is 2.30. The summed E-state index contributed by atoms with van der Waals surface area (Å²) in [5.74, 6) is -0.207. The van der Waals surface area contributed by atoms with E-state index in [1.807, 2.05) is 5.01 Å². The fourth-order valence-electron chi connectivity index (χ4n) is 2.73. The van der Waals surface area contributed by atoms with E-state index in [0.29, 0.717) is 12.5 Å². The van der Waals surface area contributed by atoms with Crippen molar-refractivity contribution in [2.75, 3.05) is 13.1 Å². The lowest BCUT2D eigenvalue weighted by Crippen LogP contribution is -2.44. The van der Waals surface area contributed by atoms with Crippen molar-refractivity contribution in [3.05, 3.63) is 35.6 Å². The van der Waals surface area contributed by atoms with E-state index in [4.69, 9.17) is 0 Å². The molecule has 18 heavy (non-hydrogen) atoms. The molecule has 1 amide bonds. The summed E-state index contributed by atoms with van der Waals surface area (Å²) in [6.45, 7) is 1.87. The number of benzene rings is 1. The van der Waals surface area contributed by atoms with E-state index in [-0.39, 0.29) is 17.8 Å². The maximum absolute atomic E-state index is 12.9. The van der Waals surface area contributed by atoms with Crippen molar-refractivity contribution in [2.45, 2.75) is 24.9 Å². The van der Waals surface area contributed by atoms with Gasteiger partial charge >= 0.3 is 0 Å². The molecule has 0 aliphatic carbocycles. The molecular formula is C13H16FN3O. The Hall–Kier alpha value is -1.46. The molecule has 5 heteroatoms. The van der Waals surface area contributed by atoms with Crippen LogP contribution in [0.4, 0.5) is 4.39 Å². The van der Waals surface area contributed by atoms with Crippen LogP contribution in [-0.4, -0.2) is 30.0 Å². The van der Waals surface area contributed by atoms with Gasteiger partial charge in [0, 0.05) is 19.0 Å². The van der Waals surface area contributed by atoms with Crippen LogP contribution in [-0.2, 0) is 4.79 Å². The third kappa shape index (κ3) is 2.11. The molecule has 1 aromatic rings. The SMILES string of the molecule is O=C1CC(c2ccc(F)cc2)N(C2CCNC2)N1. The molecular weight excluding hydrogens is 233 g/mol. The zero-order valence-electron chi connectivity index (χ0n) is 10.0. The molecule has 2 heterocycles. The monoisotopic (exact) mass is 249 g/mol. The molecule has 2 saturated heterocycles. The lowest BCUT2D eigenvalue weighted by Gasteiger charge is -2.29. The van der Waals surface area contributed by atoms with Gasteiger partial charge in [-0.05, 0) is 30.7 Å². The molecule has 2 atom stereocenters. The first-order valence-electron chi connectivity index (χ1n) is 6.28. The number of hydrogen-bond donors (Lipinski definition) is 2. The predicted octanol–water partition coefficient (Wildman–Crippen LogP) is 0.966. The molecule has 2 aliphatic heterocycles. The minimum absolute atomic E-state index is 0.0167. The van der Waals surface area contributed by atoms with Crippen molar-refractivity contribution in [2.24, 2.45) is 0 Å². The molecule has 2 fully saturated rings. The van der Waals surface area contributed by atoms with E-state index in [1.165, 1.54) is 12.1 Å². The first kappa shape index (κ1) is 11.6. The molecule has 2 aliphatic rings. The molecule has 3 rings (SSSR count). The Morgan fingerprint density at radius 3 is 2.72 bits per heavy atom. The standard InChI is InChI=1S/C13H16FN3O/c14-10-3-1-9(2-4-10)12-7-13(18)16-17(12)11-5-6-15-8-11/h1-4,11-12,15H,5-8H2,(H,16,18). The molecule has 2 N–H and O–H groups in total. The highest BCUT2D eigenvalue weighted by atomic mass is 19.1. The van der Waals surface area contributed by atoms with E-state index in [0.717, 1.165) is 25.1 Å². The minimum atomic E-state index is -0.245. The average Bonchev–Trinajstić information content (AvgIpc) is 2.98. The number of nitrogens with one attached hydrogen (secondary N) is 2. The van der Waals surface area contributed by atoms with Crippen molar-refractivity contribution in [1.29, 1.82) is 0 Å². The third-order valence-corrected chi connectivity index (χ3v) is 3.65. The van der Waals surface area contributed by atoms with Crippen molar-refractivity contribution in [1.82, 2.24) is 15.8 Å². The zero-order valence-corrected chi connectivity index (χ0v) is 10.0. The Balaban J connectivity index is 1.84. The number of hydrazine groups is 1. The number of carbonyl (C=O) groups is 1. The summed E-state index contributed by atoms with van der Waals surface area (Å²) in [7, 11) is 0. The third-order valence-electron chi connectivity index (χ3n) is 3.65. The second kappa shape index (κ2) is 4.66. The maximum atomic E-state index is 12.9. The molecule has 2 unspecified atom stereocenters. The normalized spacial score (nSPS) is 28.6. The maximum Gasteiger partial charge on any atom is 0.236 e. The molecule has 1 aromatic carbocycles. The van der Waals surface area contributed by atoms with Gasteiger partial charge in [-0.1, -0.05) is 12.1 Å². The average molecular weight is 249 g/mol. The smallest absolute Gasteiger partial charge is 0.236 e. The van der Waals surface area contributed by atoms with Gasteiger partial charge in [0.2, 0.25) is 5.91 Å². The van der Waals surface area contributed by atoms with E-state index in [1.54, 1.807) is 12.1 Å². The van der Waals surface area contributed by atoms with Crippen LogP contribution in [0.2, 0.25) is 0 Å². The number of halogens is 1. The Morgan fingerprint density at radius 1 is 1.28 bits per heavy atom. The molecule has 96 valence electrons. The number of hydrogen-bond acceptors (Lipinski definition) is 3. The van der Waals surface area contributed by atoms with Crippen molar-refractivity contribution in [3.63, 3.8) is 0 Å². The van der Waals surface area contributed by atoms with Crippen molar-refractivity contribution >= 4 is 5.91 Å². The molecule has 0 aromatic heterocycles. The summed E-state index contributed by atoms with van der Waals surface area (Å²) in [4.78, 5) is 11.6. The second-order valence-electron chi connectivity index (χ2n) is 4.86. The highest BCUT2D eigenvalue weighted by Gasteiger charge is 2.37. The van der Waals surface area contributed by atoms with E-state index in [9.17, 15) is 9.18 Å². The van der Waals surface area contributed by atoms with Gasteiger partial charge in [-0.15, -0.1) is 0 Å². The zero-order chi connectivity index (χ0) is 12.5. The van der Waals surface area contributed by atoms with Gasteiger partial charge in [-0.2, -0.15) is 0 Å². The van der Waals surface area contributed by atoms with Crippen LogP contribution in [0.5, 0.6) is 0 Å². The van der Waals surface area contributed by atoms with Gasteiger partial charge in [0.05, 0.1) is 6.04 Å². The molecule has 0 spiro atoms. The molecule has 0 bridgehead atoms. The Labute approximate surface area is 105 Å². The Morgan fingerprint density at radius 2 is 2.06 bits per heavy atom. The van der Waals surface area contributed by atoms with Crippen molar-refractivity contribution in [3.8, 4) is 0 Å². The number of rotatable bonds is 2. The van der Waals surface area contributed by atoms with Crippen LogP contribution in [0.15, 0.2) is 24.3 Å². The van der Waals surface area contributed by atoms with Crippen LogP contribution in [0, 0.1) is 5.82 Å². The summed E-state index contributed by atoms with van der Waals surface area (Å²) in [5.41, 5.74) is 3.91. The molecule has 0 saturated carbocycles. The molecule has 4 nitrogen and oxygen atoms in total. The van der Waals surface area contributed by atoms with Gasteiger partial charge in [0.1, 0.15) is 5.82 Å². The quantitative estimate of drug-likeness (QED) is 0.820. The minimum Gasteiger partial charge on any atom is -0.315 e. The van der Waals surface area contributed by atoms with E-state index >= 15 is 0 Å². The second-order valence-corrected chi connectivity index (χ2v) is 4.86. The fourth-order valence-corrected chi connectivity index (χ4v) is 2.73. The predicted molar refractivity (Wildman–Crippen MR) is 65.0 cm³/mol. The highest BCUT2D eigenvalue weighted by molar-refractivity contribution is 5.78. The lowest BCUT2D eigenvalue weighted by molar-refractivity contribution is -0.121. The van der Waals surface area contributed by atoms with Crippen LogP contribution in [0.1, 0.15) is 24.4 Å². The van der Waals surface area contributed by atoms with Gasteiger partial charge in [0.15, 0.2) is 0 Å². The Bertz CT molecular complexity index is 442.